The van der Waals surface area contributed by atoms with E-state index in [1.54, 1.807) is 0 Å². The zero-order valence-electron chi connectivity index (χ0n) is 11.6. The van der Waals surface area contributed by atoms with E-state index in [0.29, 0.717) is 6.61 Å². The Balaban J connectivity index is 2.01. The molecule has 1 unspecified atom stereocenters. The van der Waals surface area contributed by atoms with Gasteiger partial charge in [0, 0.05) is 12.0 Å². The van der Waals surface area contributed by atoms with Crippen LogP contribution >= 0.6 is 0 Å². The smallest absolute Gasteiger partial charge is 0.124 e. The van der Waals surface area contributed by atoms with Gasteiger partial charge in [-0.1, -0.05) is 48.0 Å². The number of hydrogen-bond donors (Lipinski definition) is 0. The molecule has 0 aromatic heterocycles. The van der Waals surface area contributed by atoms with E-state index in [1.807, 2.05) is 24.3 Å². The number of rotatable bonds is 2. The van der Waals surface area contributed by atoms with E-state index in [1.165, 1.54) is 11.1 Å². The van der Waals surface area contributed by atoms with Crippen LogP contribution in [0.5, 0.6) is 5.75 Å². The van der Waals surface area contributed by atoms with Gasteiger partial charge in [-0.25, -0.2) is 0 Å². The lowest BCUT2D eigenvalue weighted by atomic mass is 9.73. The van der Waals surface area contributed by atoms with Crippen LogP contribution in [0.1, 0.15) is 23.1 Å². The Morgan fingerprint density at radius 2 is 1.90 bits per heavy atom. The molecule has 1 aliphatic rings. The van der Waals surface area contributed by atoms with Crippen LogP contribution in [0.25, 0.3) is 0 Å². The van der Waals surface area contributed by atoms with Gasteiger partial charge < -0.3 is 4.74 Å². The Bertz CT molecular complexity index is 654. The summed E-state index contributed by atoms with van der Waals surface area (Å²) >= 11 is 0. The lowest BCUT2D eigenvalue weighted by Gasteiger charge is -2.33. The van der Waals surface area contributed by atoms with Gasteiger partial charge in [-0.2, -0.15) is 5.26 Å². The summed E-state index contributed by atoms with van der Waals surface area (Å²) in [7, 11) is 0. The third kappa shape index (κ3) is 2.16. The second-order valence-corrected chi connectivity index (χ2v) is 5.45. The van der Waals surface area contributed by atoms with Crippen LogP contribution in [-0.4, -0.2) is 6.61 Å². The largest absolute Gasteiger partial charge is 0.493 e. The zero-order valence-corrected chi connectivity index (χ0v) is 11.6. The molecule has 0 spiro atoms. The average Bonchev–Trinajstić information content (AvgIpc) is 2.50. The van der Waals surface area contributed by atoms with Crippen LogP contribution < -0.4 is 4.74 Å². The minimum absolute atomic E-state index is 0.468. The summed E-state index contributed by atoms with van der Waals surface area (Å²) in [6.45, 7) is 2.68. The number of aryl methyl sites for hydroxylation is 1. The number of hydrogen-bond acceptors (Lipinski definition) is 2. The number of benzene rings is 2. The summed E-state index contributed by atoms with van der Waals surface area (Å²) in [5.74, 6) is 0.854. The number of fused-ring (bicyclic) bond motifs is 1. The summed E-state index contributed by atoms with van der Waals surface area (Å²) in [5.41, 5.74) is 3.00. The maximum atomic E-state index is 9.80. The minimum atomic E-state index is -0.468. The zero-order chi connectivity index (χ0) is 14.0. The fourth-order valence-electron chi connectivity index (χ4n) is 2.85. The van der Waals surface area contributed by atoms with Gasteiger partial charge in [0.25, 0.3) is 0 Å². The second-order valence-electron chi connectivity index (χ2n) is 5.45. The molecule has 100 valence electrons. The minimum Gasteiger partial charge on any atom is -0.493 e. The third-order valence-electron chi connectivity index (χ3n) is 4.03. The van der Waals surface area contributed by atoms with Gasteiger partial charge >= 0.3 is 0 Å². The Hall–Kier alpha value is -2.27. The van der Waals surface area contributed by atoms with Crippen molar-refractivity contribution in [2.75, 3.05) is 6.61 Å². The molecule has 2 heteroatoms. The van der Waals surface area contributed by atoms with Gasteiger partial charge in [0.2, 0.25) is 0 Å². The highest BCUT2D eigenvalue weighted by molar-refractivity contribution is 5.47. The van der Waals surface area contributed by atoms with E-state index < -0.39 is 5.41 Å². The predicted molar refractivity (Wildman–Crippen MR) is 78.7 cm³/mol. The molecule has 3 rings (SSSR count). The number of nitrogens with zero attached hydrogens (tertiary/aromatic N) is 1. The maximum Gasteiger partial charge on any atom is 0.124 e. The molecule has 2 aromatic rings. The van der Waals surface area contributed by atoms with Crippen molar-refractivity contribution in [2.24, 2.45) is 0 Å². The first kappa shape index (κ1) is 12.7. The summed E-state index contributed by atoms with van der Waals surface area (Å²) in [6.07, 6.45) is 1.48. The summed E-state index contributed by atoms with van der Waals surface area (Å²) in [4.78, 5) is 0. The maximum absolute atomic E-state index is 9.80. The molecule has 0 radical (unpaired) electrons. The molecular weight excluding hydrogens is 246 g/mol. The molecule has 2 aromatic carbocycles. The highest BCUT2D eigenvalue weighted by atomic mass is 16.5. The molecule has 0 saturated heterocycles. The summed E-state index contributed by atoms with van der Waals surface area (Å²) in [6, 6.07) is 18.9. The van der Waals surface area contributed by atoms with Crippen molar-refractivity contribution in [1.82, 2.24) is 0 Å². The van der Waals surface area contributed by atoms with E-state index in [9.17, 15) is 5.26 Å². The van der Waals surface area contributed by atoms with Crippen LogP contribution in [-0.2, 0) is 11.8 Å². The molecule has 0 fully saturated rings. The van der Waals surface area contributed by atoms with Gasteiger partial charge in [-0.3, -0.25) is 0 Å². The Labute approximate surface area is 119 Å². The van der Waals surface area contributed by atoms with E-state index in [0.717, 1.165) is 24.2 Å². The topological polar surface area (TPSA) is 33.0 Å². The molecule has 0 amide bonds. The molecule has 0 N–H and O–H groups in total. The fourth-order valence-corrected chi connectivity index (χ4v) is 2.85. The molecule has 0 saturated carbocycles. The average molecular weight is 263 g/mol. The molecule has 1 aliphatic heterocycles. The molecule has 0 aliphatic carbocycles. The quantitative estimate of drug-likeness (QED) is 0.826. The molecular formula is C18H17NO. The van der Waals surface area contributed by atoms with Crippen molar-refractivity contribution in [1.29, 1.82) is 5.26 Å². The number of ether oxygens (including phenoxy) is 1. The number of nitriles is 1. The molecule has 20 heavy (non-hydrogen) atoms. The van der Waals surface area contributed by atoms with Crippen molar-refractivity contribution >= 4 is 0 Å². The molecule has 1 atom stereocenters. The van der Waals surface area contributed by atoms with Crippen LogP contribution in [0.15, 0.2) is 48.5 Å². The highest BCUT2D eigenvalue weighted by Gasteiger charge is 2.38. The van der Waals surface area contributed by atoms with Gasteiger partial charge in [0.15, 0.2) is 0 Å². The van der Waals surface area contributed by atoms with Crippen molar-refractivity contribution in [3.05, 3.63) is 65.2 Å². The lowest BCUT2D eigenvalue weighted by Crippen LogP contribution is -2.33. The van der Waals surface area contributed by atoms with E-state index in [2.05, 4.69) is 37.3 Å². The van der Waals surface area contributed by atoms with Crippen LogP contribution in [0.4, 0.5) is 0 Å². The number of para-hydroxylation sites is 1. The van der Waals surface area contributed by atoms with E-state index in [-0.39, 0.29) is 0 Å². The van der Waals surface area contributed by atoms with Gasteiger partial charge in [0.1, 0.15) is 5.75 Å². The molecule has 2 nitrogen and oxygen atoms in total. The van der Waals surface area contributed by atoms with Crippen molar-refractivity contribution < 1.29 is 4.74 Å². The highest BCUT2D eigenvalue weighted by Crippen LogP contribution is 2.40. The van der Waals surface area contributed by atoms with Crippen molar-refractivity contribution in [3.63, 3.8) is 0 Å². The summed E-state index contributed by atoms with van der Waals surface area (Å²) in [5, 5.41) is 9.80. The monoisotopic (exact) mass is 263 g/mol. The first-order chi connectivity index (χ1) is 9.73. The van der Waals surface area contributed by atoms with Crippen LogP contribution in [0.3, 0.4) is 0 Å². The third-order valence-corrected chi connectivity index (χ3v) is 4.03. The van der Waals surface area contributed by atoms with Crippen molar-refractivity contribution in [2.45, 2.75) is 25.2 Å². The second kappa shape index (κ2) is 5.02. The normalized spacial score (nSPS) is 20.6. The van der Waals surface area contributed by atoms with Crippen LogP contribution in [0, 0.1) is 18.3 Å². The molecule has 1 heterocycles. The van der Waals surface area contributed by atoms with Crippen LogP contribution in [0.2, 0.25) is 0 Å². The first-order valence-corrected chi connectivity index (χ1v) is 6.93. The van der Waals surface area contributed by atoms with Gasteiger partial charge in [-0.05, 0) is 25.0 Å². The lowest BCUT2D eigenvalue weighted by molar-refractivity contribution is 0.241. The van der Waals surface area contributed by atoms with Crippen molar-refractivity contribution in [3.8, 4) is 11.8 Å². The molecule has 0 bridgehead atoms. The Kier molecular flexibility index (Phi) is 3.20. The predicted octanol–water partition coefficient (Wildman–Crippen LogP) is 3.78. The SMILES string of the molecule is Cc1ccc(CC2(C#N)CCOc3ccccc32)cc1. The van der Waals surface area contributed by atoms with Gasteiger partial charge in [0.05, 0.1) is 18.1 Å². The van der Waals surface area contributed by atoms with E-state index in [4.69, 9.17) is 4.74 Å². The summed E-state index contributed by atoms with van der Waals surface area (Å²) < 4.78 is 5.69. The van der Waals surface area contributed by atoms with E-state index >= 15 is 0 Å². The Morgan fingerprint density at radius 1 is 1.15 bits per heavy atom. The Morgan fingerprint density at radius 3 is 2.65 bits per heavy atom. The van der Waals surface area contributed by atoms with Gasteiger partial charge in [-0.15, -0.1) is 0 Å². The standard InChI is InChI=1S/C18H17NO/c1-14-6-8-15(9-7-14)12-18(13-19)10-11-20-17-5-3-2-4-16(17)18/h2-9H,10-12H2,1H3. The first-order valence-electron chi connectivity index (χ1n) is 6.93. The fraction of sp³-hybridized carbons (Fsp3) is 0.278.